The maximum Gasteiger partial charge on any atom is 0.310 e. The van der Waals surface area contributed by atoms with Gasteiger partial charge in [-0.3, -0.25) is 9.59 Å². The molecular formula is C20H19ClN4O5S. The molecule has 1 amide bonds. The van der Waals surface area contributed by atoms with E-state index in [-0.39, 0.29) is 35.6 Å². The Morgan fingerprint density at radius 2 is 2.10 bits per heavy atom. The number of aliphatic carboxylic acids is 1. The summed E-state index contributed by atoms with van der Waals surface area (Å²) in [5, 5.41) is 22.4. The van der Waals surface area contributed by atoms with E-state index in [1.165, 1.54) is 16.8 Å². The Labute approximate surface area is 183 Å². The summed E-state index contributed by atoms with van der Waals surface area (Å²) in [4.78, 5) is 23.9. The highest BCUT2D eigenvalue weighted by molar-refractivity contribution is 7.92. The van der Waals surface area contributed by atoms with E-state index in [0.29, 0.717) is 5.69 Å². The lowest BCUT2D eigenvalue weighted by Crippen LogP contribution is -2.37. The molecular weight excluding hydrogens is 444 g/mol. The van der Waals surface area contributed by atoms with Crippen LogP contribution in [0.25, 0.3) is 5.69 Å². The summed E-state index contributed by atoms with van der Waals surface area (Å²) in [6.07, 6.45) is 3.21. The monoisotopic (exact) mass is 462 g/mol. The number of sulfone groups is 1. The molecule has 2 aliphatic carbocycles. The normalized spacial score (nSPS) is 29.9. The second-order valence-electron chi connectivity index (χ2n) is 8.14. The smallest absolute Gasteiger partial charge is 0.310 e. The van der Waals surface area contributed by atoms with Gasteiger partial charge in [-0.1, -0.05) is 11.6 Å². The van der Waals surface area contributed by atoms with Crippen LogP contribution in [-0.4, -0.2) is 40.4 Å². The van der Waals surface area contributed by atoms with E-state index >= 15 is 0 Å². The molecule has 0 radical (unpaired) electrons. The van der Waals surface area contributed by atoms with Crippen LogP contribution in [0.1, 0.15) is 25.7 Å². The minimum Gasteiger partial charge on any atom is -0.481 e. The zero-order valence-corrected chi connectivity index (χ0v) is 17.8. The van der Waals surface area contributed by atoms with Gasteiger partial charge in [0, 0.05) is 18.3 Å². The van der Waals surface area contributed by atoms with Crippen LogP contribution >= 0.6 is 11.6 Å². The number of carbonyl (C=O) groups excluding carboxylic acids is 1. The van der Waals surface area contributed by atoms with Crippen LogP contribution in [0.5, 0.6) is 0 Å². The second kappa shape index (κ2) is 7.07. The van der Waals surface area contributed by atoms with Gasteiger partial charge in [0.1, 0.15) is 5.41 Å². The molecule has 2 saturated carbocycles. The van der Waals surface area contributed by atoms with Crippen LogP contribution in [0.15, 0.2) is 41.6 Å². The maximum atomic E-state index is 13.3. The van der Waals surface area contributed by atoms with E-state index in [1.54, 1.807) is 24.5 Å². The molecule has 1 aromatic carbocycles. The van der Waals surface area contributed by atoms with Crippen molar-refractivity contribution in [1.82, 2.24) is 9.78 Å². The number of nitriles is 1. The Morgan fingerprint density at radius 3 is 2.61 bits per heavy atom. The molecule has 31 heavy (non-hydrogen) atoms. The fourth-order valence-corrected chi connectivity index (χ4v) is 7.19. The highest BCUT2D eigenvalue weighted by atomic mass is 35.5. The topological polar surface area (TPSA) is 156 Å². The Balaban J connectivity index is 1.64. The van der Waals surface area contributed by atoms with Crippen LogP contribution in [0.3, 0.4) is 0 Å². The first-order valence-electron chi connectivity index (χ1n) is 9.56. The van der Waals surface area contributed by atoms with Gasteiger partial charge in [0.2, 0.25) is 5.91 Å². The fourth-order valence-electron chi connectivity index (χ4n) is 4.80. The van der Waals surface area contributed by atoms with Crippen molar-refractivity contribution in [3.8, 4) is 11.8 Å². The van der Waals surface area contributed by atoms with Gasteiger partial charge in [-0.05, 0) is 49.9 Å². The van der Waals surface area contributed by atoms with E-state index in [2.05, 4.69) is 5.10 Å². The number of aromatic nitrogens is 2. The van der Waals surface area contributed by atoms with Gasteiger partial charge in [0.05, 0.1) is 32.3 Å². The van der Waals surface area contributed by atoms with Gasteiger partial charge in [0.25, 0.3) is 0 Å². The molecule has 1 aromatic heterocycles. The minimum absolute atomic E-state index is 0.00996. The summed E-state index contributed by atoms with van der Waals surface area (Å²) in [7, 11) is -3.95. The standard InChI is InChI=1S/C20H19ClN4O5S/c21-14-8-12(25-7-1-6-24-25)2-3-15(14)31(29,30)13-4-5-19(9-13,18(27)28)16-10-20(16,11-22)17(23)26/h1-3,6-8,13,16H,4-5,9-10H2,(H2,23,26)(H,27,28)/t13-,16?,19-,20?/m0/s1. The minimum atomic E-state index is -3.95. The number of primary amides is 1. The van der Waals surface area contributed by atoms with Gasteiger partial charge in [-0.25, -0.2) is 13.1 Å². The third-order valence-corrected chi connectivity index (χ3v) is 9.30. The molecule has 0 saturated heterocycles. The Kier molecular flexibility index (Phi) is 4.87. The summed E-state index contributed by atoms with van der Waals surface area (Å²) < 4.78 is 28.2. The number of benzene rings is 1. The summed E-state index contributed by atoms with van der Waals surface area (Å²) in [6, 6.07) is 8.01. The summed E-state index contributed by atoms with van der Waals surface area (Å²) in [5.41, 5.74) is 2.88. The van der Waals surface area contributed by atoms with Crippen LogP contribution in [0.2, 0.25) is 5.02 Å². The van der Waals surface area contributed by atoms with Gasteiger partial charge < -0.3 is 10.8 Å². The highest BCUT2D eigenvalue weighted by Crippen LogP contribution is 2.66. The summed E-state index contributed by atoms with van der Waals surface area (Å²) >= 11 is 6.29. The van der Waals surface area contributed by atoms with Crippen molar-refractivity contribution in [3.05, 3.63) is 41.7 Å². The highest BCUT2D eigenvalue weighted by Gasteiger charge is 2.72. The molecule has 2 aliphatic rings. The van der Waals surface area contributed by atoms with Gasteiger partial charge in [-0.15, -0.1) is 0 Å². The lowest BCUT2D eigenvalue weighted by Gasteiger charge is -2.26. The van der Waals surface area contributed by atoms with Crippen LogP contribution in [0, 0.1) is 28.1 Å². The number of halogens is 1. The first kappa shape index (κ1) is 21.3. The van der Waals surface area contributed by atoms with Crippen molar-refractivity contribution in [2.45, 2.75) is 35.8 Å². The van der Waals surface area contributed by atoms with Gasteiger partial charge in [0.15, 0.2) is 9.84 Å². The lowest BCUT2D eigenvalue weighted by atomic mass is 9.77. The maximum absolute atomic E-state index is 13.3. The molecule has 0 aliphatic heterocycles. The quantitative estimate of drug-likeness (QED) is 0.664. The molecule has 2 unspecified atom stereocenters. The lowest BCUT2D eigenvalue weighted by molar-refractivity contribution is -0.150. The van der Waals surface area contributed by atoms with E-state index in [9.17, 15) is 28.4 Å². The Bertz CT molecular complexity index is 1220. The molecule has 0 bridgehead atoms. The Morgan fingerprint density at radius 1 is 1.35 bits per heavy atom. The number of carboxylic acid groups (broad SMARTS) is 1. The number of hydrogen-bond donors (Lipinski definition) is 2. The SMILES string of the molecule is N#CC1(C(N)=O)CC1[C@]1(C(=O)O)CC[C@H](S(=O)(=O)c2ccc(-n3cccn3)cc2Cl)C1. The zero-order valence-electron chi connectivity index (χ0n) is 16.2. The fraction of sp³-hybridized carbons (Fsp3) is 0.400. The van der Waals surface area contributed by atoms with Crippen molar-refractivity contribution in [2.24, 2.45) is 22.5 Å². The number of nitrogens with two attached hydrogens (primary N) is 1. The molecule has 4 atom stereocenters. The average Bonchev–Trinajstić information content (AvgIpc) is 3.09. The van der Waals surface area contributed by atoms with Gasteiger partial charge in [-0.2, -0.15) is 10.4 Å². The van der Waals surface area contributed by atoms with E-state index in [4.69, 9.17) is 17.3 Å². The largest absolute Gasteiger partial charge is 0.481 e. The third kappa shape index (κ3) is 3.11. The first-order chi connectivity index (χ1) is 14.6. The molecule has 0 spiro atoms. The number of hydrogen-bond acceptors (Lipinski definition) is 6. The summed E-state index contributed by atoms with van der Waals surface area (Å²) in [5.74, 6) is -2.89. The molecule has 4 rings (SSSR count). The zero-order chi connectivity index (χ0) is 22.6. The molecule has 9 nitrogen and oxygen atoms in total. The van der Waals surface area contributed by atoms with Gasteiger partial charge >= 0.3 is 5.97 Å². The van der Waals surface area contributed by atoms with Crippen LogP contribution in [0.4, 0.5) is 0 Å². The van der Waals surface area contributed by atoms with Crippen molar-refractivity contribution in [1.29, 1.82) is 5.26 Å². The number of amides is 1. The van der Waals surface area contributed by atoms with E-state index < -0.39 is 43.7 Å². The van der Waals surface area contributed by atoms with Crippen molar-refractivity contribution < 1.29 is 23.1 Å². The van der Waals surface area contributed by atoms with Crippen molar-refractivity contribution in [2.75, 3.05) is 0 Å². The Hall–Kier alpha value is -2.90. The second-order valence-corrected chi connectivity index (χ2v) is 10.7. The number of carbonyl (C=O) groups is 2. The van der Waals surface area contributed by atoms with Crippen LogP contribution in [-0.2, 0) is 19.4 Å². The van der Waals surface area contributed by atoms with Crippen molar-refractivity contribution >= 4 is 33.3 Å². The van der Waals surface area contributed by atoms with E-state index in [0.717, 1.165) is 0 Å². The van der Waals surface area contributed by atoms with Crippen molar-refractivity contribution in [3.63, 3.8) is 0 Å². The summed E-state index contributed by atoms with van der Waals surface area (Å²) in [6.45, 7) is 0. The molecule has 2 fully saturated rings. The molecule has 2 aromatic rings. The first-order valence-corrected chi connectivity index (χ1v) is 11.5. The van der Waals surface area contributed by atoms with Crippen LogP contribution < -0.4 is 5.73 Å². The molecule has 11 heteroatoms. The average molecular weight is 463 g/mol. The van der Waals surface area contributed by atoms with E-state index in [1.807, 2.05) is 6.07 Å². The molecule has 1 heterocycles. The predicted octanol–water partition coefficient (Wildman–Crippen LogP) is 1.94. The number of rotatable bonds is 6. The predicted molar refractivity (Wildman–Crippen MR) is 109 cm³/mol. The number of nitrogens with zero attached hydrogens (tertiary/aromatic N) is 3. The number of carboxylic acids is 1. The molecule has 162 valence electrons. The third-order valence-electron chi connectivity index (χ3n) is 6.63. The molecule has 3 N–H and O–H groups in total.